The summed E-state index contributed by atoms with van der Waals surface area (Å²) >= 11 is 0. The van der Waals surface area contributed by atoms with Gasteiger partial charge in [0.15, 0.2) is 23.0 Å². The molecule has 0 heterocycles. The van der Waals surface area contributed by atoms with Gasteiger partial charge < -0.3 is 39.7 Å². The molecule has 0 radical (unpaired) electrons. The van der Waals surface area contributed by atoms with Gasteiger partial charge in [-0.05, 0) is 24.3 Å². The first-order valence-electron chi connectivity index (χ1n) is 7.18. The number of carbonyl (C=O) groups is 2. The van der Waals surface area contributed by atoms with Crippen LogP contribution in [0.1, 0.15) is 20.7 Å². The molecule has 0 unspecified atom stereocenters. The minimum absolute atomic E-state index is 0.0301. The van der Waals surface area contributed by atoms with Gasteiger partial charge >= 0.3 is 11.9 Å². The maximum Gasteiger partial charge on any atom is 0.341 e. The third kappa shape index (κ3) is 4.63. The number of carbonyl (C=O) groups excluding carboxylic acids is 1. The number of benzene rings is 2. The fraction of sp³-hybridized carbons (Fsp3) is 0.176. The van der Waals surface area contributed by atoms with E-state index in [9.17, 15) is 24.9 Å². The van der Waals surface area contributed by atoms with Crippen molar-refractivity contribution in [2.45, 2.75) is 0 Å². The molecule has 0 fully saturated rings. The number of hydrogen-bond donors (Lipinski definition) is 5. The summed E-state index contributed by atoms with van der Waals surface area (Å²) in [7, 11) is 3.82. The number of carboxylic acids is 1. The Labute approximate surface area is 153 Å². The van der Waals surface area contributed by atoms with Crippen LogP contribution >= 0.6 is 0 Å². The Bertz CT molecular complexity index is 844. The van der Waals surface area contributed by atoms with Crippen LogP contribution in [0.25, 0.3) is 0 Å². The molecule has 5 N–H and O–H groups in total. The van der Waals surface area contributed by atoms with Gasteiger partial charge in [-0.2, -0.15) is 0 Å². The normalized spacial score (nSPS) is 9.59. The van der Waals surface area contributed by atoms with Gasteiger partial charge in [0.25, 0.3) is 0 Å². The average Bonchev–Trinajstić information content (AvgIpc) is 2.65. The zero-order chi connectivity index (χ0) is 20.7. The summed E-state index contributed by atoms with van der Waals surface area (Å²) < 4.78 is 13.8. The van der Waals surface area contributed by atoms with E-state index < -0.39 is 34.9 Å². The number of aromatic carboxylic acids is 1. The highest BCUT2D eigenvalue weighted by atomic mass is 16.5. The summed E-state index contributed by atoms with van der Waals surface area (Å²) in [5.74, 6) is -4.19. The molecule has 0 bridgehead atoms. The fourth-order valence-electron chi connectivity index (χ4n) is 1.90. The van der Waals surface area contributed by atoms with Crippen LogP contribution in [0.15, 0.2) is 24.3 Å². The summed E-state index contributed by atoms with van der Waals surface area (Å²) in [4.78, 5) is 21.5. The number of aromatic hydroxyl groups is 4. The van der Waals surface area contributed by atoms with Gasteiger partial charge in [0.05, 0.1) is 21.3 Å². The van der Waals surface area contributed by atoms with Crippen LogP contribution in [-0.2, 0) is 4.74 Å². The van der Waals surface area contributed by atoms with E-state index in [4.69, 9.17) is 14.9 Å². The second kappa shape index (κ2) is 9.04. The highest BCUT2D eigenvalue weighted by molar-refractivity contribution is 5.94. The predicted octanol–water partition coefficient (Wildman–Crippen LogP) is 1.70. The lowest BCUT2D eigenvalue weighted by Gasteiger charge is -2.07. The molecule has 0 atom stereocenters. The Morgan fingerprint density at radius 2 is 1.11 bits per heavy atom. The first-order valence-corrected chi connectivity index (χ1v) is 7.18. The monoisotopic (exact) mass is 382 g/mol. The molecule has 2 rings (SSSR count). The van der Waals surface area contributed by atoms with Gasteiger partial charge in [0.1, 0.15) is 11.1 Å². The second-order valence-electron chi connectivity index (χ2n) is 4.82. The number of phenolic OH excluding ortho intramolecular Hbond substituents is 3. The van der Waals surface area contributed by atoms with Crippen LogP contribution in [0.3, 0.4) is 0 Å². The summed E-state index contributed by atoms with van der Waals surface area (Å²) in [5.41, 5.74) is -0.468. The maximum absolute atomic E-state index is 11.1. The quantitative estimate of drug-likeness (QED) is 0.388. The zero-order valence-corrected chi connectivity index (χ0v) is 14.6. The number of ether oxygens (including phenoxy) is 3. The van der Waals surface area contributed by atoms with Crippen molar-refractivity contribution in [2.75, 3.05) is 21.3 Å². The van der Waals surface area contributed by atoms with Crippen LogP contribution in [0.4, 0.5) is 0 Å². The summed E-state index contributed by atoms with van der Waals surface area (Å²) in [5, 5.41) is 45.6. The van der Waals surface area contributed by atoms with E-state index >= 15 is 0 Å². The molecule has 0 spiro atoms. The van der Waals surface area contributed by atoms with Crippen molar-refractivity contribution in [3.8, 4) is 34.5 Å². The summed E-state index contributed by atoms with van der Waals surface area (Å²) in [6.45, 7) is 0. The highest BCUT2D eigenvalue weighted by Crippen LogP contribution is 2.38. The highest BCUT2D eigenvalue weighted by Gasteiger charge is 2.18. The fourth-order valence-corrected chi connectivity index (χ4v) is 1.90. The third-order valence-electron chi connectivity index (χ3n) is 3.30. The minimum Gasteiger partial charge on any atom is -0.504 e. The van der Waals surface area contributed by atoms with E-state index in [1.807, 2.05) is 0 Å². The maximum atomic E-state index is 11.1. The lowest BCUT2D eigenvalue weighted by molar-refractivity contribution is 0.0595. The number of esters is 1. The number of rotatable bonds is 4. The Kier molecular flexibility index (Phi) is 7.10. The van der Waals surface area contributed by atoms with E-state index in [0.29, 0.717) is 0 Å². The van der Waals surface area contributed by atoms with Crippen molar-refractivity contribution in [1.82, 2.24) is 0 Å². The lowest BCUT2D eigenvalue weighted by atomic mass is 10.2. The lowest BCUT2D eigenvalue weighted by Crippen LogP contribution is -2.01. The molecule has 0 saturated heterocycles. The molecule has 10 nitrogen and oxygen atoms in total. The van der Waals surface area contributed by atoms with Gasteiger partial charge in [-0.15, -0.1) is 0 Å². The van der Waals surface area contributed by atoms with Crippen molar-refractivity contribution in [3.63, 3.8) is 0 Å². The van der Waals surface area contributed by atoms with Crippen molar-refractivity contribution >= 4 is 11.9 Å². The Morgan fingerprint density at radius 1 is 0.704 bits per heavy atom. The Hall–Kier alpha value is -3.82. The third-order valence-corrected chi connectivity index (χ3v) is 3.30. The molecule has 2 aromatic carbocycles. The molecular formula is C17H18O10. The van der Waals surface area contributed by atoms with Gasteiger partial charge in [-0.1, -0.05) is 0 Å². The number of carboxylic acid groups (broad SMARTS) is 1. The van der Waals surface area contributed by atoms with Gasteiger partial charge in [0.2, 0.25) is 11.5 Å². The smallest absolute Gasteiger partial charge is 0.341 e. The molecule has 0 saturated carbocycles. The zero-order valence-electron chi connectivity index (χ0n) is 14.6. The van der Waals surface area contributed by atoms with E-state index in [-0.39, 0.29) is 22.6 Å². The molecule has 27 heavy (non-hydrogen) atoms. The van der Waals surface area contributed by atoms with E-state index in [1.165, 1.54) is 39.5 Å². The van der Waals surface area contributed by atoms with Gasteiger partial charge in [0, 0.05) is 0 Å². The number of methoxy groups -OCH3 is 3. The molecule has 2 aromatic rings. The first-order chi connectivity index (χ1) is 12.7. The molecule has 0 amide bonds. The molecule has 0 aliphatic carbocycles. The number of phenols is 4. The first kappa shape index (κ1) is 21.2. The van der Waals surface area contributed by atoms with E-state index in [2.05, 4.69) is 9.47 Å². The minimum atomic E-state index is -1.31. The van der Waals surface area contributed by atoms with Crippen molar-refractivity contribution < 1.29 is 49.3 Å². The Morgan fingerprint density at radius 3 is 1.48 bits per heavy atom. The van der Waals surface area contributed by atoms with E-state index in [1.54, 1.807) is 0 Å². The molecular weight excluding hydrogens is 364 g/mol. The van der Waals surface area contributed by atoms with Crippen LogP contribution < -0.4 is 9.47 Å². The van der Waals surface area contributed by atoms with Crippen molar-refractivity contribution in [3.05, 3.63) is 35.4 Å². The molecule has 0 aliphatic rings. The Balaban J connectivity index is 0.000000271. The van der Waals surface area contributed by atoms with Crippen molar-refractivity contribution in [1.29, 1.82) is 0 Å². The second-order valence-corrected chi connectivity index (χ2v) is 4.82. The standard InChI is InChI=1S/C9H10O5.C8H8O5/c1-13-6-4-3-5(9(12)14-2)7(10)8(6)11;1-13-5-3-2-4(8(11)12)6(9)7(5)10/h3-4,10-11H,1-2H3;2-3,9-10H,1H3,(H,11,12). The van der Waals surface area contributed by atoms with E-state index in [0.717, 1.165) is 6.07 Å². The molecule has 0 aliphatic heterocycles. The van der Waals surface area contributed by atoms with Crippen LogP contribution in [-0.4, -0.2) is 58.8 Å². The van der Waals surface area contributed by atoms with Crippen molar-refractivity contribution in [2.24, 2.45) is 0 Å². The molecule has 146 valence electrons. The van der Waals surface area contributed by atoms with Crippen LogP contribution in [0, 0.1) is 0 Å². The molecule has 10 heteroatoms. The molecule has 0 aromatic heterocycles. The van der Waals surface area contributed by atoms with Crippen LogP contribution in [0.5, 0.6) is 34.5 Å². The largest absolute Gasteiger partial charge is 0.504 e. The topological polar surface area (TPSA) is 163 Å². The van der Waals surface area contributed by atoms with Gasteiger partial charge in [-0.3, -0.25) is 0 Å². The predicted molar refractivity (Wildman–Crippen MR) is 90.9 cm³/mol. The van der Waals surface area contributed by atoms with Gasteiger partial charge in [-0.25, -0.2) is 9.59 Å². The summed E-state index contributed by atoms with van der Waals surface area (Å²) in [6.07, 6.45) is 0. The van der Waals surface area contributed by atoms with Crippen LogP contribution in [0.2, 0.25) is 0 Å². The summed E-state index contributed by atoms with van der Waals surface area (Å²) in [6, 6.07) is 5.08. The number of hydrogen-bond acceptors (Lipinski definition) is 9. The average molecular weight is 382 g/mol. The SMILES string of the molecule is COC(=O)c1ccc(OC)c(O)c1O.COc1ccc(C(=O)O)c(O)c1O.